The van der Waals surface area contributed by atoms with Crippen molar-refractivity contribution in [2.75, 3.05) is 6.73 Å². The van der Waals surface area contributed by atoms with Crippen molar-refractivity contribution in [1.82, 2.24) is 4.90 Å². The molecule has 0 aliphatic carbocycles. The molecule has 1 atom stereocenters. The van der Waals surface area contributed by atoms with Gasteiger partial charge in [-0.15, -0.1) is 0 Å². The summed E-state index contributed by atoms with van der Waals surface area (Å²) in [6, 6.07) is 13.1. The highest BCUT2D eigenvalue weighted by Gasteiger charge is 2.42. The highest BCUT2D eigenvalue weighted by molar-refractivity contribution is 6.31. The van der Waals surface area contributed by atoms with Crippen LogP contribution in [0.4, 0.5) is 0 Å². The Balaban J connectivity index is 2.00. The quantitative estimate of drug-likeness (QED) is 0.736. The second-order valence-electron chi connectivity index (χ2n) is 4.69. The number of carbonyl (C=O) groups is 1. The predicted octanol–water partition coefficient (Wildman–Crippen LogP) is 3.24. The molecule has 0 saturated carbocycles. The number of fused-ring (bicyclic) bond motifs is 5. The van der Waals surface area contributed by atoms with Gasteiger partial charge >= 0.3 is 0 Å². The van der Waals surface area contributed by atoms with Crippen molar-refractivity contribution in [2.45, 2.75) is 6.04 Å². The first-order valence-corrected chi connectivity index (χ1v) is 6.46. The van der Waals surface area contributed by atoms with Crippen LogP contribution in [0.25, 0.3) is 0 Å². The van der Waals surface area contributed by atoms with Crippen LogP contribution in [0.15, 0.2) is 42.5 Å². The predicted molar refractivity (Wildman–Crippen MR) is 71.4 cm³/mol. The maximum atomic E-state index is 12.4. The Morgan fingerprint density at radius 2 is 2.00 bits per heavy atom. The molecule has 0 fully saturated rings. The summed E-state index contributed by atoms with van der Waals surface area (Å²) in [5.74, 6) is 0.768. The summed E-state index contributed by atoms with van der Waals surface area (Å²) >= 11 is 6.31. The molecule has 4 rings (SSSR count). The second kappa shape index (κ2) is 3.75. The molecule has 0 bridgehead atoms. The molecule has 19 heavy (non-hydrogen) atoms. The molecule has 3 nitrogen and oxygen atoms in total. The maximum Gasteiger partial charge on any atom is 0.257 e. The molecule has 1 amide bonds. The van der Waals surface area contributed by atoms with Crippen LogP contribution >= 0.6 is 11.6 Å². The lowest BCUT2D eigenvalue weighted by Gasteiger charge is -2.32. The van der Waals surface area contributed by atoms with Crippen molar-refractivity contribution in [3.8, 4) is 5.75 Å². The minimum atomic E-state index is -0.124. The first kappa shape index (κ1) is 10.9. The zero-order valence-corrected chi connectivity index (χ0v) is 10.7. The molecular formula is C15H10ClNO2. The van der Waals surface area contributed by atoms with E-state index in [2.05, 4.69) is 0 Å². The average Bonchev–Trinajstić information content (AvgIpc) is 2.73. The Hall–Kier alpha value is -2.00. The van der Waals surface area contributed by atoms with Gasteiger partial charge in [-0.1, -0.05) is 35.9 Å². The lowest BCUT2D eigenvalue weighted by Crippen LogP contribution is -2.36. The monoisotopic (exact) mass is 271 g/mol. The number of hydrogen-bond donors (Lipinski definition) is 0. The molecule has 2 aromatic rings. The zero-order chi connectivity index (χ0) is 13.0. The highest BCUT2D eigenvalue weighted by atomic mass is 35.5. The van der Waals surface area contributed by atoms with E-state index in [1.54, 1.807) is 4.90 Å². The van der Waals surface area contributed by atoms with E-state index in [1.165, 1.54) is 0 Å². The SMILES string of the molecule is O=C1c2ccccc2C2c3c(Cl)cccc3OCN12. The van der Waals surface area contributed by atoms with Gasteiger partial charge in [-0.3, -0.25) is 9.69 Å². The van der Waals surface area contributed by atoms with Gasteiger partial charge in [0.25, 0.3) is 5.91 Å². The normalized spacial score (nSPS) is 19.5. The molecule has 4 heteroatoms. The number of nitrogens with zero attached hydrogens (tertiary/aromatic N) is 1. The highest BCUT2D eigenvalue weighted by Crippen LogP contribution is 2.47. The Morgan fingerprint density at radius 1 is 1.16 bits per heavy atom. The Kier molecular flexibility index (Phi) is 2.15. The third-order valence-corrected chi connectivity index (χ3v) is 4.03. The largest absolute Gasteiger partial charge is 0.473 e. The molecule has 0 saturated heterocycles. The minimum Gasteiger partial charge on any atom is -0.473 e. The summed E-state index contributed by atoms with van der Waals surface area (Å²) in [6.07, 6.45) is 0. The van der Waals surface area contributed by atoms with Crippen LogP contribution in [-0.4, -0.2) is 17.5 Å². The second-order valence-corrected chi connectivity index (χ2v) is 5.10. The van der Waals surface area contributed by atoms with Crippen LogP contribution in [0.2, 0.25) is 5.02 Å². The van der Waals surface area contributed by atoms with E-state index in [0.29, 0.717) is 5.02 Å². The van der Waals surface area contributed by atoms with Crippen LogP contribution in [-0.2, 0) is 0 Å². The summed E-state index contributed by atoms with van der Waals surface area (Å²) in [6.45, 7) is 0.269. The summed E-state index contributed by atoms with van der Waals surface area (Å²) in [4.78, 5) is 14.1. The molecule has 0 aromatic heterocycles. The minimum absolute atomic E-state index is 0.00571. The average molecular weight is 272 g/mol. The number of rotatable bonds is 0. The number of hydrogen-bond acceptors (Lipinski definition) is 2. The molecule has 0 N–H and O–H groups in total. The topological polar surface area (TPSA) is 29.5 Å². The van der Waals surface area contributed by atoms with Crippen molar-refractivity contribution in [3.05, 3.63) is 64.2 Å². The van der Waals surface area contributed by atoms with Gasteiger partial charge in [-0.2, -0.15) is 0 Å². The van der Waals surface area contributed by atoms with Crippen molar-refractivity contribution in [1.29, 1.82) is 0 Å². The van der Waals surface area contributed by atoms with E-state index >= 15 is 0 Å². The van der Waals surface area contributed by atoms with Gasteiger partial charge in [-0.25, -0.2) is 0 Å². The van der Waals surface area contributed by atoms with Gasteiger partial charge in [-0.05, 0) is 23.8 Å². The summed E-state index contributed by atoms with van der Waals surface area (Å²) in [5, 5.41) is 0.636. The molecule has 0 radical (unpaired) electrons. The lowest BCUT2D eigenvalue weighted by molar-refractivity contribution is 0.0499. The summed E-state index contributed by atoms with van der Waals surface area (Å²) < 4.78 is 5.64. The molecule has 0 spiro atoms. The van der Waals surface area contributed by atoms with Crippen LogP contribution < -0.4 is 4.74 Å². The molecule has 2 aromatic carbocycles. The van der Waals surface area contributed by atoms with Crippen LogP contribution in [0.5, 0.6) is 5.75 Å². The molecule has 2 aliphatic rings. The molecule has 2 aliphatic heterocycles. The van der Waals surface area contributed by atoms with Crippen molar-refractivity contribution < 1.29 is 9.53 Å². The van der Waals surface area contributed by atoms with Crippen LogP contribution in [0.1, 0.15) is 27.5 Å². The van der Waals surface area contributed by atoms with Gasteiger partial charge in [0, 0.05) is 16.1 Å². The number of carbonyl (C=O) groups excluding carboxylic acids is 1. The van der Waals surface area contributed by atoms with E-state index in [1.807, 2.05) is 42.5 Å². The number of benzene rings is 2. The first-order valence-electron chi connectivity index (χ1n) is 6.08. The van der Waals surface area contributed by atoms with Gasteiger partial charge < -0.3 is 4.74 Å². The number of amides is 1. The van der Waals surface area contributed by atoms with Crippen LogP contribution in [0, 0.1) is 0 Å². The van der Waals surface area contributed by atoms with E-state index in [-0.39, 0.29) is 18.7 Å². The Labute approximate surface area is 115 Å². The van der Waals surface area contributed by atoms with Gasteiger partial charge in [0.15, 0.2) is 6.73 Å². The zero-order valence-electron chi connectivity index (χ0n) is 9.97. The first-order chi connectivity index (χ1) is 9.27. The molecular weight excluding hydrogens is 262 g/mol. The fraction of sp³-hybridized carbons (Fsp3) is 0.133. The van der Waals surface area contributed by atoms with E-state index in [0.717, 1.165) is 22.4 Å². The van der Waals surface area contributed by atoms with Gasteiger partial charge in [0.05, 0.1) is 6.04 Å². The maximum absolute atomic E-state index is 12.4. The number of halogens is 1. The smallest absolute Gasteiger partial charge is 0.257 e. The van der Waals surface area contributed by atoms with Gasteiger partial charge in [0.1, 0.15) is 5.75 Å². The fourth-order valence-corrected chi connectivity index (χ4v) is 3.13. The van der Waals surface area contributed by atoms with Gasteiger partial charge in [0.2, 0.25) is 0 Å². The Morgan fingerprint density at radius 3 is 2.89 bits per heavy atom. The Bertz CT molecular complexity index is 698. The molecule has 2 heterocycles. The van der Waals surface area contributed by atoms with E-state index in [9.17, 15) is 4.79 Å². The number of ether oxygens (including phenoxy) is 1. The van der Waals surface area contributed by atoms with E-state index < -0.39 is 0 Å². The third-order valence-electron chi connectivity index (χ3n) is 3.70. The molecule has 1 unspecified atom stereocenters. The van der Waals surface area contributed by atoms with Crippen molar-refractivity contribution in [2.24, 2.45) is 0 Å². The third kappa shape index (κ3) is 1.36. The molecule has 94 valence electrons. The summed E-state index contributed by atoms with van der Waals surface area (Å²) in [5.41, 5.74) is 2.63. The van der Waals surface area contributed by atoms with Crippen LogP contribution in [0.3, 0.4) is 0 Å². The summed E-state index contributed by atoms with van der Waals surface area (Å²) in [7, 11) is 0. The van der Waals surface area contributed by atoms with E-state index in [4.69, 9.17) is 16.3 Å². The van der Waals surface area contributed by atoms with Crippen molar-refractivity contribution >= 4 is 17.5 Å². The van der Waals surface area contributed by atoms with Crippen molar-refractivity contribution in [3.63, 3.8) is 0 Å². The lowest BCUT2D eigenvalue weighted by atomic mass is 9.96. The standard InChI is InChI=1S/C15H10ClNO2/c16-11-6-3-7-12-13(11)14-9-4-1-2-5-10(9)15(18)17(14)8-19-12/h1-7,14H,8H2. The fourth-order valence-electron chi connectivity index (χ4n) is 2.86.